The normalized spacial score (nSPS) is 15.0. The first kappa shape index (κ1) is 22.0. The van der Waals surface area contributed by atoms with E-state index in [9.17, 15) is 9.59 Å². The van der Waals surface area contributed by atoms with Gasteiger partial charge in [-0.05, 0) is 37.5 Å². The highest BCUT2D eigenvalue weighted by Crippen LogP contribution is 2.19. The van der Waals surface area contributed by atoms with Crippen LogP contribution in [0.25, 0.3) is 10.9 Å². The summed E-state index contributed by atoms with van der Waals surface area (Å²) in [7, 11) is 0. The van der Waals surface area contributed by atoms with E-state index in [0.717, 1.165) is 56.3 Å². The number of para-hydroxylation sites is 1. The van der Waals surface area contributed by atoms with Crippen LogP contribution in [0.4, 0.5) is 0 Å². The van der Waals surface area contributed by atoms with Gasteiger partial charge in [-0.25, -0.2) is 0 Å². The van der Waals surface area contributed by atoms with Crippen LogP contribution >= 0.6 is 0 Å². The molecule has 1 aromatic heterocycles. The van der Waals surface area contributed by atoms with Crippen LogP contribution < -0.4 is 10.6 Å². The number of benzene rings is 2. The molecule has 4 rings (SSSR count). The molecule has 0 radical (unpaired) electrons. The number of piperidine rings is 1. The number of nitrogens with zero attached hydrogens (tertiary/aromatic N) is 3. The van der Waals surface area contributed by atoms with Crippen LogP contribution in [0.15, 0.2) is 54.6 Å². The second-order valence-corrected chi connectivity index (χ2v) is 8.30. The molecule has 7 nitrogen and oxygen atoms in total. The Balaban J connectivity index is 1.23. The number of fused-ring (bicyclic) bond motifs is 1. The highest BCUT2D eigenvalue weighted by atomic mass is 16.2. The number of nitrogens with one attached hydrogen (secondary N) is 2. The fraction of sp³-hybridized carbons (Fsp3) is 0.400. The number of carbonyl (C=O) groups excluding carboxylic acids is 2. The SMILES string of the molecule is CCCn1nc(C(=O)NCCN2CCC(NC(=O)c3ccccc3)CC2)c2ccccc21. The average molecular weight is 434 g/mol. The minimum absolute atomic E-state index is 0.00829. The highest BCUT2D eigenvalue weighted by molar-refractivity contribution is 6.04. The molecule has 1 aliphatic rings. The summed E-state index contributed by atoms with van der Waals surface area (Å²) in [5.41, 5.74) is 2.20. The molecule has 2 amide bonds. The first-order chi connectivity index (χ1) is 15.7. The van der Waals surface area contributed by atoms with Gasteiger partial charge in [-0.1, -0.05) is 43.3 Å². The second kappa shape index (κ2) is 10.4. The second-order valence-electron chi connectivity index (χ2n) is 8.30. The maximum atomic E-state index is 12.8. The van der Waals surface area contributed by atoms with E-state index in [1.165, 1.54) is 0 Å². The fourth-order valence-electron chi connectivity index (χ4n) is 4.25. The molecule has 2 aromatic carbocycles. The topological polar surface area (TPSA) is 79.3 Å². The van der Waals surface area contributed by atoms with Crippen LogP contribution in [0.2, 0.25) is 0 Å². The Morgan fingerprint density at radius 1 is 0.969 bits per heavy atom. The zero-order chi connectivity index (χ0) is 22.3. The molecule has 0 unspecified atom stereocenters. The van der Waals surface area contributed by atoms with Crippen molar-refractivity contribution in [2.24, 2.45) is 0 Å². The number of aryl methyl sites for hydroxylation is 1. The summed E-state index contributed by atoms with van der Waals surface area (Å²) in [6.45, 7) is 6.08. The molecule has 2 N–H and O–H groups in total. The Kier molecular flexibility index (Phi) is 7.17. The minimum Gasteiger partial charge on any atom is -0.349 e. The summed E-state index contributed by atoms with van der Waals surface area (Å²) in [6, 6.07) is 17.4. The smallest absolute Gasteiger partial charge is 0.272 e. The Hall–Kier alpha value is -3.19. The van der Waals surface area contributed by atoms with Crippen molar-refractivity contribution in [1.82, 2.24) is 25.3 Å². The standard InChI is InChI=1S/C25H31N5O2/c1-2-15-30-22-11-7-6-10-21(22)23(28-30)25(32)26-14-18-29-16-12-20(13-17-29)27-24(31)19-8-4-3-5-9-19/h3-11,20H,2,12-18H2,1H3,(H,26,32)(H,27,31). The van der Waals surface area contributed by atoms with Gasteiger partial charge in [0, 0.05) is 49.7 Å². The maximum Gasteiger partial charge on any atom is 0.272 e. The van der Waals surface area contributed by atoms with Crippen molar-refractivity contribution in [3.63, 3.8) is 0 Å². The quantitative estimate of drug-likeness (QED) is 0.572. The van der Waals surface area contributed by atoms with E-state index >= 15 is 0 Å². The predicted molar refractivity (Wildman–Crippen MR) is 126 cm³/mol. The number of amides is 2. The molecule has 1 saturated heterocycles. The number of rotatable bonds is 8. The number of hydrogen-bond donors (Lipinski definition) is 2. The largest absolute Gasteiger partial charge is 0.349 e. The van der Waals surface area contributed by atoms with Gasteiger partial charge in [-0.3, -0.25) is 14.3 Å². The molecule has 0 aliphatic carbocycles. The number of aromatic nitrogens is 2. The van der Waals surface area contributed by atoms with Crippen LogP contribution in [0.1, 0.15) is 47.0 Å². The van der Waals surface area contributed by atoms with Crippen LogP contribution in [-0.2, 0) is 6.54 Å². The lowest BCUT2D eigenvalue weighted by atomic mass is 10.0. The molecule has 0 bridgehead atoms. The highest BCUT2D eigenvalue weighted by Gasteiger charge is 2.21. The third-order valence-electron chi connectivity index (χ3n) is 5.98. The predicted octanol–water partition coefficient (Wildman–Crippen LogP) is 3.07. The van der Waals surface area contributed by atoms with Crippen molar-refractivity contribution in [1.29, 1.82) is 0 Å². The van der Waals surface area contributed by atoms with E-state index in [4.69, 9.17) is 0 Å². The van der Waals surface area contributed by atoms with Gasteiger partial charge < -0.3 is 15.5 Å². The molecule has 7 heteroatoms. The summed E-state index contributed by atoms with van der Waals surface area (Å²) in [4.78, 5) is 27.4. The Bertz CT molecular complexity index is 1050. The molecule has 0 atom stereocenters. The average Bonchev–Trinajstić information content (AvgIpc) is 3.20. The van der Waals surface area contributed by atoms with Crippen molar-refractivity contribution in [2.75, 3.05) is 26.2 Å². The summed E-state index contributed by atoms with van der Waals surface area (Å²) in [6.07, 6.45) is 2.80. The van der Waals surface area contributed by atoms with Gasteiger partial charge >= 0.3 is 0 Å². The number of likely N-dealkylation sites (tertiary alicyclic amines) is 1. The molecule has 3 aromatic rings. The van der Waals surface area contributed by atoms with E-state index in [-0.39, 0.29) is 17.9 Å². The van der Waals surface area contributed by atoms with Crippen LogP contribution in [0, 0.1) is 0 Å². The molecular formula is C25H31N5O2. The Morgan fingerprint density at radius 2 is 1.69 bits per heavy atom. The van der Waals surface area contributed by atoms with Gasteiger partial charge in [-0.15, -0.1) is 0 Å². The lowest BCUT2D eigenvalue weighted by Crippen LogP contribution is -2.46. The summed E-state index contributed by atoms with van der Waals surface area (Å²) >= 11 is 0. The first-order valence-electron chi connectivity index (χ1n) is 11.5. The summed E-state index contributed by atoms with van der Waals surface area (Å²) in [5.74, 6) is -0.132. The van der Waals surface area contributed by atoms with Crippen molar-refractivity contribution in [2.45, 2.75) is 38.8 Å². The molecular weight excluding hydrogens is 402 g/mol. The molecule has 168 valence electrons. The van der Waals surface area contributed by atoms with Crippen LogP contribution in [0.5, 0.6) is 0 Å². The van der Waals surface area contributed by atoms with Gasteiger partial charge in [0.25, 0.3) is 11.8 Å². The van der Waals surface area contributed by atoms with Gasteiger partial charge in [0.1, 0.15) is 0 Å². The molecule has 32 heavy (non-hydrogen) atoms. The molecule has 2 heterocycles. The van der Waals surface area contributed by atoms with Gasteiger partial charge in [0.2, 0.25) is 0 Å². The van der Waals surface area contributed by atoms with E-state index in [0.29, 0.717) is 17.8 Å². The van der Waals surface area contributed by atoms with E-state index < -0.39 is 0 Å². The van der Waals surface area contributed by atoms with Crippen LogP contribution in [-0.4, -0.2) is 58.7 Å². The third-order valence-corrected chi connectivity index (χ3v) is 5.98. The zero-order valence-electron chi connectivity index (χ0n) is 18.6. The van der Waals surface area contributed by atoms with Gasteiger partial charge in [-0.2, -0.15) is 5.10 Å². The monoisotopic (exact) mass is 433 g/mol. The van der Waals surface area contributed by atoms with E-state index in [1.54, 1.807) is 0 Å². The Morgan fingerprint density at radius 3 is 2.44 bits per heavy atom. The lowest BCUT2D eigenvalue weighted by molar-refractivity contribution is 0.0898. The van der Waals surface area contributed by atoms with E-state index in [1.807, 2.05) is 59.3 Å². The molecule has 0 saturated carbocycles. The maximum absolute atomic E-state index is 12.8. The van der Waals surface area contributed by atoms with Gasteiger partial charge in [0.15, 0.2) is 5.69 Å². The number of carbonyl (C=O) groups is 2. The van der Waals surface area contributed by atoms with Crippen molar-refractivity contribution < 1.29 is 9.59 Å². The minimum atomic E-state index is -0.124. The Labute approximate surface area is 188 Å². The van der Waals surface area contributed by atoms with Crippen LogP contribution in [0.3, 0.4) is 0 Å². The first-order valence-corrected chi connectivity index (χ1v) is 11.5. The third kappa shape index (κ3) is 5.16. The summed E-state index contributed by atoms with van der Waals surface area (Å²) in [5, 5.41) is 11.6. The zero-order valence-corrected chi connectivity index (χ0v) is 18.6. The van der Waals surface area contributed by atoms with Crippen molar-refractivity contribution in [3.05, 3.63) is 65.9 Å². The molecule has 0 spiro atoms. The van der Waals surface area contributed by atoms with Crippen molar-refractivity contribution in [3.8, 4) is 0 Å². The van der Waals surface area contributed by atoms with E-state index in [2.05, 4.69) is 27.6 Å². The van der Waals surface area contributed by atoms with Gasteiger partial charge in [0.05, 0.1) is 5.52 Å². The molecule has 1 fully saturated rings. The fourth-order valence-corrected chi connectivity index (χ4v) is 4.25. The lowest BCUT2D eigenvalue weighted by Gasteiger charge is -2.32. The van der Waals surface area contributed by atoms with Crippen molar-refractivity contribution >= 4 is 22.7 Å². The molecule has 1 aliphatic heterocycles. The number of hydrogen-bond acceptors (Lipinski definition) is 4. The summed E-state index contributed by atoms with van der Waals surface area (Å²) < 4.78 is 1.92.